The van der Waals surface area contributed by atoms with Crippen molar-refractivity contribution in [1.82, 2.24) is 5.32 Å². The number of carbonyl (C=O) groups is 6. The molecule has 0 saturated carbocycles. The van der Waals surface area contributed by atoms with E-state index in [-0.39, 0.29) is 16.9 Å². The Bertz CT molecular complexity index is 1710. The number of amides is 3. The molecule has 43 heavy (non-hydrogen) atoms. The van der Waals surface area contributed by atoms with Crippen LogP contribution in [0.4, 0.5) is 5.69 Å². The lowest BCUT2D eigenvalue weighted by Gasteiger charge is -2.14. The number of fused-ring (bicyclic) bond motifs is 1. The summed E-state index contributed by atoms with van der Waals surface area (Å²) in [5.74, 6) is -3.09. The van der Waals surface area contributed by atoms with E-state index in [2.05, 4.69) is 5.32 Å². The van der Waals surface area contributed by atoms with Crippen molar-refractivity contribution >= 4 is 41.1 Å². The van der Waals surface area contributed by atoms with Crippen LogP contribution in [0.2, 0.25) is 0 Å². The van der Waals surface area contributed by atoms with E-state index in [0.717, 1.165) is 10.5 Å². The Morgan fingerprint density at radius 2 is 1.26 bits per heavy atom. The molecule has 4 aromatic rings. The standard InChI is InChI=1S/C33H24N2O8/c1-20-6-8-23(9-7-20)33(41)43-25-16-12-21(13-17-25)28(36)19-42-29(37)18-34-30(38)22-10-14-24(15-11-22)35-31(39)26-4-2-3-5-27(26)32(35)40/h2-17H,18-19H2,1H3,(H,34,38). The SMILES string of the molecule is Cc1ccc(C(=O)Oc2ccc(C(=O)COC(=O)CNC(=O)c3ccc(N4C(=O)c5ccccc5C4=O)cc3)cc2)cc1. The Balaban J connectivity index is 1.07. The summed E-state index contributed by atoms with van der Waals surface area (Å²) in [6.45, 7) is 0.871. The molecule has 5 rings (SSSR count). The van der Waals surface area contributed by atoms with Gasteiger partial charge in [-0.25, -0.2) is 9.69 Å². The van der Waals surface area contributed by atoms with Gasteiger partial charge in [0.2, 0.25) is 0 Å². The highest BCUT2D eigenvalue weighted by Gasteiger charge is 2.36. The van der Waals surface area contributed by atoms with Gasteiger partial charge in [-0.3, -0.25) is 24.0 Å². The largest absolute Gasteiger partial charge is 0.456 e. The lowest BCUT2D eigenvalue weighted by molar-refractivity contribution is -0.141. The first-order valence-corrected chi connectivity index (χ1v) is 13.1. The first kappa shape index (κ1) is 28.6. The third-order valence-electron chi connectivity index (χ3n) is 6.61. The van der Waals surface area contributed by atoms with Gasteiger partial charge in [0.15, 0.2) is 12.4 Å². The van der Waals surface area contributed by atoms with E-state index in [4.69, 9.17) is 9.47 Å². The Hall–Kier alpha value is -5.90. The van der Waals surface area contributed by atoms with Crippen molar-refractivity contribution in [3.8, 4) is 5.75 Å². The fourth-order valence-electron chi connectivity index (χ4n) is 4.29. The molecule has 0 bridgehead atoms. The molecule has 0 unspecified atom stereocenters. The van der Waals surface area contributed by atoms with Crippen LogP contribution in [0.25, 0.3) is 0 Å². The minimum atomic E-state index is -0.826. The third kappa shape index (κ3) is 6.38. The molecule has 3 amide bonds. The Morgan fingerprint density at radius 1 is 0.698 bits per heavy atom. The molecule has 10 heteroatoms. The van der Waals surface area contributed by atoms with Crippen LogP contribution in [0.15, 0.2) is 97.1 Å². The number of hydrogen-bond acceptors (Lipinski definition) is 8. The maximum Gasteiger partial charge on any atom is 0.343 e. The van der Waals surface area contributed by atoms with Crippen molar-refractivity contribution in [2.45, 2.75) is 6.92 Å². The Morgan fingerprint density at radius 3 is 1.86 bits per heavy atom. The first-order valence-electron chi connectivity index (χ1n) is 13.1. The number of rotatable bonds is 9. The summed E-state index contributed by atoms with van der Waals surface area (Å²) in [5.41, 5.74) is 2.75. The van der Waals surface area contributed by atoms with Crippen molar-refractivity contribution in [2.75, 3.05) is 18.1 Å². The molecule has 214 valence electrons. The average Bonchev–Trinajstić information content (AvgIpc) is 3.28. The highest BCUT2D eigenvalue weighted by atomic mass is 16.5. The highest BCUT2D eigenvalue weighted by molar-refractivity contribution is 6.34. The molecule has 0 saturated heterocycles. The summed E-state index contributed by atoms with van der Waals surface area (Å²) < 4.78 is 10.3. The number of imide groups is 1. The van der Waals surface area contributed by atoms with Crippen molar-refractivity contribution < 1.29 is 38.2 Å². The van der Waals surface area contributed by atoms with Crippen LogP contribution in [-0.2, 0) is 9.53 Å². The number of Topliss-reactive ketones (excluding diaryl/α,β-unsaturated/α-hetero) is 1. The Kier molecular flexibility index (Phi) is 8.20. The number of ketones is 1. The first-order chi connectivity index (χ1) is 20.7. The average molecular weight is 577 g/mol. The monoisotopic (exact) mass is 576 g/mol. The van der Waals surface area contributed by atoms with E-state index in [1.165, 1.54) is 48.5 Å². The quantitative estimate of drug-likeness (QED) is 0.136. The molecule has 0 radical (unpaired) electrons. The summed E-state index contributed by atoms with van der Waals surface area (Å²) in [6, 6.07) is 25.0. The summed E-state index contributed by atoms with van der Waals surface area (Å²) in [6.07, 6.45) is 0. The summed E-state index contributed by atoms with van der Waals surface area (Å²) >= 11 is 0. The molecular weight excluding hydrogens is 552 g/mol. The maximum absolute atomic E-state index is 12.6. The maximum atomic E-state index is 12.6. The number of nitrogens with zero attached hydrogens (tertiary/aromatic N) is 1. The number of hydrogen-bond donors (Lipinski definition) is 1. The lowest BCUT2D eigenvalue weighted by atomic mass is 10.1. The van der Waals surface area contributed by atoms with Gasteiger partial charge in [0.05, 0.1) is 22.4 Å². The molecule has 1 aliphatic rings. The van der Waals surface area contributed by atoms with Gasteiger partial charge in [0.1, 0.15) is 12.3 Å². The minimum Gasteiger partial charge on any atom is -0.456 e. The van der Waals surface area contributed by atoms with Crippen molar-refractivity contribution in [3.63, 3.8) is 0 Å². The fraction of sp³-hybridized carbons (Fsp3) is 0.0909. The summed E-state index contributed by atoms with van der Waals surface area (Å²) in [4.78, 5) is 75.6. The van der Waals surface area contributed by atoms with Gasteiger partial charge < -0.3 is 14.8 Å². The van der Waals surface area contributed by atoms with Gasteiger partial charge in [-0.2, -0.15) is 0 Å². The van der Waals surface area contributed by atoms with Crippen molar-refractivity contribution in [1.29, 1.82) is 0 Å². The molecule has 0 aliphatic carbocycles. The summed E-state index contributed by atoms with van der Waals surface area (Å²) in [7, 11) is 0. The van der Waals surface area contributed by atoms with Crippen LogP contribution in [0, 0.1) is 6.92 Å². The smallest absolute Gasteiger partial charge is 0.343 e. The second kappa shape index (κ2) is 12.3. The zero-order valence-electron chi connectivity index (χ0n) is 22.9. The van der Waals surface area contributed by atoms with E-state index < -0.39 is 48.6 Å². The fourth-order valence-corrected chi connectivity index (χ4v) is 4.29. The lowest BCUT2D eigenvalue weighted by Crippen LogP contribution is -2.32. The van der Waals surface area contributed by atoms with E-state index in [9.17, 15) is 28.8 Å². The molecule has 0 fully saturated rings. The third-order valence-corrected chi connectivity index (χ3v) is 6.61. The van der Waals surface area contributed by atoms with Gasteiger partial charge in [-0.05, 0) is 79.7 Å². The number of carbonyl (C=O) groups excluding carboxylic acids is 6. The topological polar surface area (TPSA) is 136 Å². The van der Waals surface area contributed by atoms with Crippen LogP contribution in [0.5, 0.6) is 5.75 Å². The van der Waals surface area contributed by atoms with Crippen LogP contribution in [-0.4, -0.2) is 48.6 Å². The van der Waals surface area contributed by atoms with E-state index in [1.54, 1.807) is 48.5 Å². The zero-order valence-corrected chi connectivity index (χ0v) is 22.9. The van der Waals surface area contributed by atoms with Gasteiger partial charge in [-0.1, -0.05) is 29.8 Å². The number of esters is 2. The van der Waals surface area contributed by atoms with Crippen LogP contribution in [0.3, 0.4) is 0 Å². The Labute approximate surface area is 245 Å². The molecule has 0 atom stereocenters. The van der Waals surface area contributed by atoms with Crippen molar-refractivity contribution in [2.24, 2.45) is 0 Å². The van der Waals surface area contributed by atoms with Crippen LogP contribution in [0.1, 0.15) is 57.4 Å². The molecular formula is C33H24N2O8. The van der Waals surface area contributed by atoms with Crippen molar-refractivity contribution in [3.05, 3.63) is 130 Å². The number of aryl methyl sites for hydroxylation is 1. The number of nitrogens with one attached hydrogen (secondary N) is 1. The molecule has 4 aromatic carbocycles. The second-order valence-electron chi connectivity index (χ2n) is 9.58. The van der Waals surface area contributed by atoms with E-state index in [1.807, 2.05) is 6.92 Å². The normalized spacial score (nSPS) is 12.0. The number of anilines is 1. The predicted octanol–water partition coefficient (Wildman–Crippen LogP) is 4.17. The minimum absolute atomic E-state index is 0.187. The van der Waals surface area contributed by atoms with Crippen LogP contribution < -0.4 is 15.0 Å². The van der Waals surface area contributed by atoms with Gasteiger partial charge in [0.25, 0.3) is 17.7 Å². The highest BCUT2D eigenvalue weighted by Crippen LogP contribution is 2.28. The van der Waals surface area contributed by atoms with E-state index >= 15 is 0 Å². The van der Waals surface area contributed by atoms with Crippen LogP contribution >= 0.6 is 0 Å². The van der Waals surface area contributed by atoms with Gasteiger partial charge in [0, 0.05) is 11.1 Å². The molecule has 1 N–H and O–H groups in total. The molecule has 10 nitrogen and oxygen atoms in total. The summed E-state index contributed by atoms with van der Waals surface area (Å²) in [5, 5.41) is 2.40. The molecule has 0 spiro atoms. The second-order valence-corrected chi connectivity index (χ2v) is 9.58. The number of benzene rings is 4. The van der Waals surface area contributed by atoms with Gasteiger partial charge in [-0.15, -0.1) is 0 Å². The molecule has 1 heterocycles. The van der Waals surface area contributed by atoms with Gasteiger partial charge >= 0.3 is 11.9 Å². The zero-order chi connectivity index (χ0) is 30.5. The predicted molar refractivity (Wildman–Crippen MR) is 154 cm³/mol. The number of ether oxygens (including phenoxy) is 2. The molecule has 1 aliphatic heterocycles. The van der Waals surface area contributed by atoms with E-state index in [0.29, 0.717) is 22.4 Å². The molecule has 0 aromatic heterocycles.